The van der Waals surface area contributed by atoms with Crippen LogP contribution in [0.25, 0.3) is 10.2 Å². The van der Waals surface area contributed by atoms with Gasteiger partial charge in [-0.3, -0.25) is 4.79 Å². The molecule has 0 bridgehead atoms. The number of nitrogens with one attached hydrogen (secondary N) is 1. The second kappa shape index (κ2) is 5.44. The van der Waals surface area contributed by atoms with Gasteiger partial charge in [-0.15, -0.1) is 11.3 Å². The molecule has 1 N–H and O–H groups in total. The number of thiophene rings is 1. The molecule has 0 atom stereocenters. The molecule has 3 nitrogen and oxygen atoms in total. The maximum atomic E-state index is 12.8. The van der Waals surface area contributed by atoms with Crippen LogP contribution in [0.1, 0.15) is 46.6 Å². The van der Waals surface area contributed by atoms with Gasteiger partial charge in [0, 0.05) is 11.4 Å². The Bertz CT molecular complexity index is 794. The fraction of sp³-hybridized carbons (Fsp3) is 0.529. The van der Waals surface area contributed by atoms with Crippen molar-refractivity contribution in [3.05, 3.63) is 28.3 Å². The summed E-state index contributed by atoms with van der Waals surface area (Å²) in [4.78, 5) is 17.1. The van der Waals surface area contributed by atoms with Crippen molar-refractivity contribution >= 4 is 27.5 Å². The van der Waals surface area contributed by atoms with E-state index in [-0.39, 0.29) is 16.8 Å². The highest BCUT2D eigenvalue weighted by Gasteiger charge is 2.42. The number of fused-ring (bicyclic) bond motifs is 1. The molecule has 0 radical (unpaired) electrons. The number of aryl methyl sites for hydroxylation is 1. The summed E-state index contributed by atoms with van der Waals surface area (Å²) in [6, 6.07) is 2.61. The average Bonchev–Trinajstić information content (AvgIpc) is 3.42. The standard InChI is InChI=1S/C17H17F3N2OS/c1-8-11-6-7-12(17(18,19)20)21-16(11)24-14(8)15(23)22-13(9-2-3-9)10-4-5-10/h6-7,9-10,13H,2-5H2,1H3,(H,22,23). The highest BCUT2D eigenvalue weighted by molar-refractivity contribution is 7.20. The van der Waals surface area contributed by atoms with Gasteiger partial charge in [-0.25, -0.2) is 4.98 Å². The van der Waals surface area contributed by atoms with Crippen molar-refractivity contribution in [3.8, 4) is 0 Å². The zero-order chi connectivity index (χ0) is 17.1. The Kier molecular flexibility index (Phi) is 3.60. The van der Waals surface area contributed by atoms with Crippen molar-refractivity contribution in [3.63, 3.8) is 0 Å². The highest BCUT2D eigenvalue weighted by Crippen LogP contribution is 2.45. The van der Waals surface area contributed by atoms with Crippen LogP contribution in [0.15, 0.2) is 12.1 Å². The molecule has 2 fully saturated rings. The topological polar surface area (TPSA) is 42.0 Å². The van der Waals surface area contributed by atoms with E-state index in [1.165, 1.54) is 6.07 Å². The number of nitrogens with zero attached hydrogens (tertiary/aromatic N) is 1. The number of hydrogen-bond acceptors (Lipinski definition) is 3. The third-order valence-corrected chi connectivity index (χ3v) is 6.06. The van der Waals surface area contributed by atoms with Crippen molar-refractivity contribution in [2.45, 2.75) is 44.8 Å². The molecule has 24 heavy (non-hydrogen) atoms. The first kappa shape index (κ1) is 15.9. The van der Waals surface area contributed by atoms with Crippen LogP contribution in [0.5, 0.6) is 0 Å². The van der Waals surface area contributed by atoms with E-state index in [2.05, 4.69) is 10.3 Å². The molecule has 0 saturated heterocycles. The SMILES string of the molecule is Cc1c(C(=O)NC(C2CC2)C2CC2)sc2nc(C(F)(F)F)ccc12. The van der Waals surface area contributed by atoms with E-state index in [4.69, 9.17) is 0 Å². The van der Waals surface area contributed by atoms with Crippen molar-refractivity contribution < 1.29 is 18.0 Å². The zero-order valence-corrected chi connectivity index (χ0v) is 13.9. The molecular formula is C17H17F3N2OS. The lowest BCUT2D eigenvalue weighted by atomic mass is 10.1. The minimum absolute atomic E-state index is 0.173. The van der Waals surface area contributed by atoms with Crippen LogP contribution >= 0.6 is 11.3 Å². The minimum Gasteiger partial charge on any atom is -0.348 e. The van der Waals surface area contributed by atoms with Crippen LogP contribution in [0.2, 0.25) is 0 Å². The predicted molar refractivity (Wildman–Crippen MR) is 86.1 cm³/mol. The molecular weight excluding hydrogens is 337 g/mol. The number of rotatable bonds is 4. The molecule has 0 spiro atoms. The van der Waals surface area contributed by atoms with Gasteiger partial charge in [0.1, 0.15) is 10.5 Å². The number of carbonyl (C=O) groups excluding carboxylic acids is 1. The maximum Gasteiger partial charge on any atom is 0.433 e. The first-order chi connectivity index (χ1) is 11.3. The fourth-order valence-corrected chi connectivity index (χ4v) is 4.31. The molecule has 0 aromatic carbocycles. The molecule has 128 valence electrons. The van der Waals surface area contributed by atoms with Gasteiger partial charge in [0.05, 0.1) is 4.88 Å². The van der Waals surface area contributed by atoms with Crippen molar-refractivity contribution in [2.75, 3.05) is 0 Å². The number of pyridine rings is 1. The Balaban J connectivity index is 1.63. The lowest BCUT2D eigenvalue weighted by Gasteiger charge is -2.17. The van der Waals surface area contributed by atoms with E-state index in [1.54, 1.807) is 6.92 Å². The number of amides is 1. The van der Waals surface area contributed by atoms with Gasteiger partial charge in [0.15, 0.2) is 0 Å². The first-order valence-electron chi connectivity index (χ1n) is 8.13. The summed E-state index contributed by atoms with van der Waals surface area (Å²) in [5.41, 5.74) is -0.212. The average molecular weight is 354 g/mol. The van der Waals surface area contributed by atoms with Crippen LogP contribution in [0.3, 0.4) is 0 Å². The Labute approximate surface area is 141 Å². The summed E-state index contributed by atoms with van der Waals surface area (Å²) in [5, 5.41) is 3.74. The molecule has 2 aliphatic rings. The van der Waals surface area contributed by atoms with Crippen molar-refractivity contribution in [1.29, 1.82) is 0 Å². The largest absolute Gasteiger partial charge is 0.433 e. The molecule has 0 aliphatic heterocycles. The molecule has 2 saturated carbocycles. The molecule has 4 rings (SSSR count). The van der Waals surface area contributed by atoms with Crippen molar-refractivity contribution in [2.24, 2.45) is 11.8 Å². The van der Waals surface area contributed by atoms with Crippen LogP contribution in [-0.4, -0.2) is 16.9 Å². The quantitative estimate of drug-likeness (QED) is 0.876. The van der Waals surface area contributed by atoms with Gasteiger partial charge in [-0.2, -0.15) is 13.2 Å². The molecule has 2 aliphatic carbocycles. The molecule has 1 amide bonds. The van der Waals surface area contributed by atoms with Gasteiger partial charge < -0.3 is 5.32 Å². The summed E-state index contributed by atoms with van der Waals surface area (Å²) < 4.78 is 38.4. The Morgan fingerprint density at radius 3 is 2.42 bits per heavy atom. The number of hydrogen-bond donors (Lipinski definition) is 1. The molecule has 2 heterocycles. The van der Waals surface area contributed by atoms with Gasteiger partial charge in [0.25, 0.3) is 5.91 Å². The fourth-order valence-electron chi connectivity index (χ4n) is 3.22. The minimum atomic E-state index is -4.47. The van der Waals surface area contributed by atoms with Crippen molar-refractivity contribution in [1.82, 2.24) is 10.3 Å². The van der Waals surface area contributed by atoms with Crippen LogP contribution < -0.4 is 5.32 Å². The van der Waals surface area contributed by atoms with Crippen LogP contribution in [0, 0.1) is 18.8 Å². The Morgan fingerprint density at radius 1 is 1.25 bits per heavy atom. The highest BCUT2D eigenvalue weighted by atomic mass is 32.1. The molecule has 2 aromatic heterocycles. The lowest BCUT2D eigenvalue weighted by molar-refractivity contribution is -0.140. The Morgan fingerprint density at radius 2 is 1.88 bits per heavy atom. The van der Waals surface area contributed by atoms with E-state index in [1.807, 2.05) is 0 Å². The number of carbonyl (C=O) groups is 1. The maximum absolute atomic E-state index is 12.8. The second-order valence-corrected chi connectivity index (χ2v) is 7.78. The van der Waals surface area contributed by atoms with E-state index in [0.717, 1.165) is 43.1 Å². The van der Waals surface area contributed by atoms with E-state index < -0.39 is 11.9 Å². The molecule has 2 aromatic rings. The van der Waals surface area contributed by atoms with Gasteiger partial charge in [0.2, 0.25) is 0 Å². The summed E-state index contributed by atoms with van der Waals surface area (Å²) in [5.74, 6) is 0.977. The predicted octanol–water partition coefficient (Wildman–Crippen LogP) is 4.54. The van der Waals surface area contributed by atoms with E-state index in [9.17, 15) is 18.0 Å². The summed E-state index contributed by atoms with van der Waals surface area (Å²) in [6.07, 6.45) is 0.150. The first-order valence-corrected chi connectivity index (χ1v) is 8.94. The normalized spacial score (nSPS) is 18.4. The third kappa shape index (κ3) is 2.90. The third-order valence-electron chi connectivity index (χ3n) is 4.86. The summed E-state index contributed by atoms with van der Waals surface area (Å²) in [6.45, 7) is 1.77. The van der Waals surface area contributed by atoms with Crippen LogP contribution in [0.4, 0.5) is 13.2 Å². The van der Waals surface area contributed by atoms with E-state index >= 15 is 0 Å². The van der Waals surface area contributed by atoms with Gasteiger partial charge in [-0.05, 0) is 62.1 Å². The molecule has 7 heteroatoms. The Hall–Kier alpha value is -1.63. The smallest absolute Gasteiger partial charge is 0.348 e. The van der Waals surface area contributed by atoms with E-state index in [0.29, 0.717) is 27.7 Å². The van der Waals surface area contributed by atoms with Crippen LogP contribution in [-0.2, 0) is 6.18 Å². The second-order valence-electron chi connectivity index (χ2n) is 6.78. The number of aromatic nitrogens is 1. The zero-order valence-electron chi connectivity index (χ0n) is 13.1. The summed E-state index contributed by atoms with van der Waals surface area (Å²) in [7, 11) is 0. The number of alkyl halides is 3. The lowest BCUT2D eigenvalue weighted by Crippen LogP contribution is -2.37. The number of halogens is 3. The monoisotopic (exact) mass is 354 g/mol. The molecule has 0 unspecified atom stereocenters. The van der Waals surface area contributed by atoms with Gasteiger partial charge >= 0.3 is 6.18 Å². The summed E-state index contributed by atoms with van der Waals surface area (Å²) >= 11 is 1.05. The van der Waals surface area contributed by atoms with Gasteiger partial charge in [-0.1, -0.05) is 0 Å².